The lowest BCUT2D eigenvalue weighted by atomic mass is 10.00. The van der Waals surface area contributed by atoms with E-state index in [1.54, 1.807) is 6.20 Å². The molecule has 27 heavy (non-hydrogen) atoms. The van der Waals surface area contributed by atoms with Crippen LogP contribution in [0.1, 0.15) is 17.5 Å². The fraction of sp³-hybridized carbons (Fsp3) is 0.182. The molecule has 0 saturated heterocycles. The van der Waals surface area contributed by atoms with Gasteiger partial charge in [0.15, 0.2) is 0 Å². The van der Waals surface area contributed by atoms with Crippen molar-refractivity contribution in [3.63, 3.8) is 0 Å². The molecule has 0 saturated carbocycles. The standard InChI is InChI=1S/C22H22N4O/c27-22(25-13-11-20(12-14-25)19-7-3-1-4-8-19)23-15-18-16-24-26(17-18)21-9-5-2-6-10-21/h1-11,16-17H,12-15H2,(H,23,27). The summed E-state index contributed by atoms with van der Waals surface area (Å²) in [6.45, 7) is 1.84. The van der Waals surface area contributed by atoms with Crippen LogP contribution in [0.25, 0.3) is 11.3 Å². The zero-order valence-corrected chi connectivity index (χ0v) is 15.1. The summed E-state index contributed by atoms with van der Waals surface area (Å²) in [5, 5.41) is 7.36. The average molecular weight is 358 g/mol. The second kappa shape index (κ2) is 7.91. The van der Waals surface area contributed by atoms with Gasteiger partial charge in [0.2, 0.25) is 0 Å². The largest absolute Gasteiger partial charge is 0.334 e. The molecule has 0 aliphatic carbocycles. The van der Waals surface area contributed by atoms with Crippen molar-refractivity contribution in [3.8, 4) is 5.69 Å². The fourth-order valence-corrected chi connectivity index (χ4v) is 3.23. The van der Waals surface area contributed by atoms with E-state index in [-0.39, 0.29) is 6.03 Å². The van der Waals surface area contributed by atoms with Crippen molar-refractivity contribution in [2.75, 3.05) is 13.1 Å². The van der Waals surface area contributed by atoms with E-state index in [1.165, 1.54) is 11.1 Å². The smallest absolute Gasteiger partial charge is 0.317 e. The molecule has 0 bridgehead atoms. The first-order valence-corrected chi connectivity index (χ1v) is 9.16. The SMILES string of the molecule is O=C(NCc1cnn(-c2ccccc2)c1)N1CC=C(c2ccccc2)CC1. The summed E-state index contributed by atoms with van der Waals surface area (Å²) in [4.78, 5) is 14.3. The topological polar surface area (TPSA) is 50.2 Å². The van der Waals surface area contributed by atoms with Crippen LogP contribution in [0.3, 0.4) is 0 Å². The molecule has 2 amide bonds. The van der Waals surface area contributed by atoms with Gasteiger partial charge >= 0.3 is 6.03 Å². The predicted molar refractivity (Wildman–Crippen MR) is 106 cm³/mol. The van der Waals surface area contributed by atoms with Crippen molar-refractivity contribution in [1.82, 2.24) is 20.0 Å². The van der Waals surface area contributed by atoms with Gasteiger partial charge in [-0.15, -0.1) is 0 Å². The molecule has 2 aromatic carbocycles. The van der Waals surface area contributed by atoms with Crippen LogP contribution in [0.2, 0.25) is 0 Å². The van der Waals surface area contributed by atoms with Crippen LogP contribution in [0.4, 0.5) is 4.79 Å². The van der Waals surface area contributed by atoms with E-state index < -0.39 is 0 Å². The summed E-state index contributed by atoms with van der Waals surface area (Å²) < 4.78 is 1.82. The highest BCUT2D eigenvalue weighted by molar-refractivity contribution is 5.76. The number of amides is 2. The Balaban J connectivity index is 1.32. The van der Waals surface area contributed by atoms with E-state index in [0.29, 0.717) is 13.1 Å². The summed E-state index contributed by atoms with van der Waals surface area (Å²) in [7, 11) is 0. The summed E-state index contributed by atoms with van der Waals surface area (Å²) in [6.07, 6.45) is 6.76. The van der Waals surface area contributed by atoms with Gasteiger partial charge in [-0.05, 0) is 29.7 Å². The van der Waals surface area contributed by atoms with Crippen LogP contribution in [0.15, 0.2) is 79.1 Å². The van der Waals surface area contributed by atoms with Crippen LogP contribution in [-0.2, 0) is 6.54 Å². The third-order valence-electron chi connectivity index (χ3n) is 4.74. The number of benzene rings is 2. The van der Waals surface area contributed by atoms with E-state index in [1.807, 2.05) is 64.3 Å². The molecular weight excluding hydrogens is 336 g/mol. The summed E-state index contributed by atoms with van der Waals surface area (Å²) in [6, 6.07) is 20.2. The summed E-state index contributed by atoms with van der Waals surface area (Å²) >= 11 is 0. The maximum Gasteiger partial charge on any atom is 0.317 e. The molecule has 0 radical (unpaired) electrons. The Hall–Kier alpha value is -3.34. The van der Waals surface area contributed by atoms with Crippen molar-refractivity contribution in [3.05, 3.63) is 90.3 Å². The third kappa shape index (κ3) is 4.08. The van der Waals surface area contributed by atoms with Crippen molar-refractivity contribution >= 4 is 11.6 Å². The van der Waals surface area contributed by atoms with Crippen molar-refractivity contribution < 1.29 is 4.79 Å². The quantitative estimate of drug-likeness (QED) is 0.770. The third-order valence-corrected chi connectivity index (χ3v) is 4.74. The van der Waals surface area contributed by atoms with Crippen molar-refractivity contribution in [1.29, 1.82) is 0 Å². The molecule has 1 N–H and O–H groups in total. The number of hydrogen-bond acceptors (Lipinski definition) is 2. The van der Waals surface area contributed by atoms with Gasteiger partial charge in [0.1, 0.15) is 0 Å². The van der Waals surface area contributed by atoms with Crippen LogP contribution >= 0.6 is 0 Å². The Morgan fingerprint density at radius 1 is 1.04 bits per heavy atom. The molecule has 1 aromatic heterocycles. The molecule has 4 rings (SSSR count). The van der Waals surface area contributed by atoms with E-state index in [0.717, 1.165) is 24.2 Å². The van der Waals surface area contributed by atoms with Gasteiger partial charge < -0.3 is 10.2 Å². The molecule has 1 aliphatic rings. The van der Waals surface area contributed by atoms with E-state index in [2.05, 4.69) is 28.6 Å². The van der Waals surface area contributed by atoms with E-state index in [9.17, 15) is 4.79 Å². The van der Waals surface area contributed by atoms with Gasteiger partial charge in [-0.25, -0.2) is 9.48 Å². The minimum Gasteiger partial charge on any atom is -0.334 e. The maximum absolute atomic E-state index is 12.4. The number of hydrogen-bond donors (Lipinski definition) is 1. The molecular formula is C22H22N4O. The Kier molecular flexibility index (Phi) is 5.01. The Labute approximate surface area is 158 Å². The number of aromatic nitrogens is 2. The second-order valence-electron chi connectivity index (χ2n) is 6.58. The van der Waals surface area contributed by atoms with Gasteiger partial charge in [0.25, 0.3) is 0 Å². The zero-order chi connectivity index (χ0) is 18.5. The zero-order valence-electron chi connectivity index (χ0n) is 15.1. The minimum atomic E-state index is -0.0363. The van der Waals surface area contributed by atoms with Gasteiger partial charge in [-0.3, -0.25) is 0 Å². The number of nitrogens with one attached hydrogen (secondary N) is 1. The van der Waals surface area contributed by atoms with Crippen molar-refractivity contribution in [2.24, 2.45) is 0 Å². The minimum absolute atomic E-state index is 0.0363. The van der Waals surface area contributed by atoms with E-state index in [4.69, 9.17) is 0 Å². The average Bonchev–Trinajstić information content (AvgIpc) is 3.22. The predicted octanol–water partition coefficient (Wildman–Crippen LogP) is 3.87. The molecule has 0 atom stereocenters. The Morgan fingerprint density at radius 3 is 2.48 bits per heavy atom. The van der Waals surface area contributed by atoms with Gasteiger partial charge in [-0.2, -0.15) is 5.10 Å². The Bertz CT molecular complexity index is 931. The van der Waals surface area contributed by atoms with Crippen molar-refractivity contribution in [2.45, 2.75) is 13.0 Å². The summed E-state index contributed by atoms with van der Waals surface area (Å²) in [5.74, 6) is 0. The summed E-state index contributed by atoms with van der Waals surface area (Å²) in [5.41, 5.74) is 4.53. The number of rotatable bonds is 4. The normalized spacial score (nSPS) is 13.9. The lowest BCUT2D eigenvalue weighted by Gasteiger charge is -2.26. The molecule has 0 unspecified atom stereocenters. The highest BCUT2D eigenvalue weighted by Gasteiger charge is 2.17. The first kappa shape index (κ1) is 17.1. The first-order chi connectivity index (χ1) is 13.3. The molecule has 5 heteroatoms. The van der Waals surface area contributed by atoms with Crippen LogP contribution in [-0.4, -0.2) is 33.8 Å². The van der Waals surface area contributed by atoms with Crippen LogP contribution in [0, 0.1) is 0 Å². The fourth-order valence-electron chi connectivity index (χ4n) is 3.23. The maximum atomic E-state index is 12.4. The van der Waals surface area contributed by atoms with E-state index >= 15 is 0 Å². The van der Waals surface area contributed by atoms with Gasteiger partial charge in [0, 0.05) is 31.4 Å². The molecule has 136 valence electrons. The monoisotopic (exact) mass is 358 g/mol. The molecule has 1 aliphatic heterocycles. The van der Waals surface area contributed by atoms with Gasteiger partial charge in [0.05, 0.1) is 11.9 Å². The van der Waals surface area contributed by atoms with Crippen LogP contribution in [0.5, 0.6) is 0 Å². The number of urea groups is 1. The second-order valence-corrected chi connectivity index (χ2v) is 6.58. The lowest BCUT2D eigenvalue weighted by Crippen LogP contribution is -2.41. The number of para-hydroxylation sites is 1. The Morgan fingerprint density at radius 2 is 1.78 bits per heavy atom. The number of nitrogens with zero attached hydrogens (tertiary/aromatic N) is 3. The number of carbonyl (C=O) groups is 1. The molecule has 0 fully saturated rings. The molecule has 2 heterocycles. The lowest BCUT2D eigenvalue weighted by molar-refractivity contribution is 0.202. The molecule has 0 spiro atoms. The molecule has 3 aromatic rings. The number of carbonyl (C=O) groups excluding carboxylic acids is 1. The first-order valence-electron chi connectivity index (χ1n) is 9.16. The highest BCUT2D eigenvalue weighted by atomic mass is 16.2. The van der Waals surface area contributed by atoms with Gasteiger partial charge in [-0.1, -0.05) is 54.6 Å². The van der Waals surface area contributed by atoms with Crippen LogP contribution < -0.4 is 5.32 Å². The molecule has 5 nitrogen and oxygen atoms in total. The highest BCUT2D eigenvalue weighted by Crippen LogP contribution is 2.21.